The molecule has 6 atom stereocenters. The number of rotatable bonds is 27. The molecule has 23 heteroatoms. The van der Waals surface area contributed by atoms with Gasteiger partial charge in [-0.05, 0) is 116 Å². The molecule has 9 rings (SSSR count). The molecule has 5 aromatic rings. The van der Waals surface area contributed by atoms with Gasteiger partial charge in [-0.2, -0.15) is 8.61 Å². The molecule has 0 spiro atoms. The zero-order valence-corrected chi connectivity index (χ0v) is 54.5. The summed E-state index contributed by atoms with van der Waals surface area (Å²) in [6.45, 7) is 1.82. The minimum Gasteiger partial charge on any atom is -0.508 e. The lowest BCUT2D eigenvalue weighted by Crippen LogP contribution is -2.55. The van der Waals surface area contributed by atoms with E-state index in [-0.39, 0.29) is 97.0 Å². The number of likely N-dealkylation sites (tertiary alicyclic amines) is 2. The lowest BCUT2D eigenvalue weighted by molar-refractivity contribution is -0.152. The van der Waals surface area contributed by atoms with E-state index < -0.39 is 74.1 Å². The third-order valence-electron chi connectivity index (χ3n) is 17.6. The van der Waals surface area contributed by atoms with Gasteiger partial charge in [-0.3, -0.25) is 14.4 Å². The lowest BCUT2D eigenvalue weighted by Gasteiger charge is -2.34. The summed E-state index contributed by atoms with van der Waals surface area (Å²) >= 11 is 0. The number of amides is 3. The first-order chi connectivity index (χ1) is 43.5. The van der Waals surface area contributed by atoms with Gasteiger partial charge in [0.15, 0.2) is 0 Å². The fraction of sp³-hybridized carbons (Fsp3) is 0.485. The molecule has 2 saturated heterocycles. The molecule has 2 aliphatic heterocycles. The summed E-state index contributed by atoms with van der Waals surface area (Å²) < 4.78 is 80.6. The summed E-state index contributed by atoms with van der Waals surface area (Å²) in [5.41, 5.74) is 9.09. The zero-order valence-electron chi connectivity index (χ0n) is 52.1. The van der Waals surface area contributed by atoms with Crippen LogP contribution in [0.25, 0.3) is 0 Å². The van der Waals surface area contributed by atoms with Crippen LogP contribution in [0, 0.1) is 11.8 Å². The van der Waals surface area contributed by atoms with Crippen LogP contribution >= 0.6 is 12.4 Å². The average molecular weight is 1310 g/mol. The van der Waals surface area contributed by atoms with Crippen molar-refractivity contribution < 1.29 is 64.9 Å². The number of carbonyl (C=O) groups excluding carboxylic acids is 5. The first kappa shape index (κ1) is 71.7. The predicted octanol–water partition coefficient (Wildman–Crippen LogP) is 8.20. The maximum atomic E-state index is 14.5. The number of sulfonamides is 2. The highest BCUT2D eigenvalue weighted by atomic mass is 35.5. The van der Waals surface area contributed by atoms with E-state index in [0.29, 0.717) is 44.8 Å². The van der Waals surface area contributed by atoms with Crippen molar-refractivity contribution in [1.29, 1.82) is 0 Å². The van der Waals surface area contributed by atoms with E-state index in [1.807, 2.05) is 60.7 Å². The van der Waals surface area contributed by atoms with Gasteiger partial charge in [-0.1, -0.05) is 148 Å². The Bertz CT molecular complexity index is 3330. The number of carbonyl (C=O) groups is 5. The SMILES string of the molecule is COC(=O)[C@@H]1C[C@@H](N(CCCOCc2ccccc2)S(=O)(=O)c2ccccc2)CN1C(=O)[C@@H](N)C1CCCCC1.COC(=O)[C@@H]1C[C@@H](N(CCCOCc2ccccc2)S(=O)(=O)c2ccccc2)CN1C(=O)[C@@H](NC(=O)Cc1cccc(O)c1)C1CCCCC1.Cl. The quantitative estimate of drug-likeness (QED) is 0.0331. The Labute approximate surface area is 542 Å². The molecule has 0 bridgehead atoms. The maximum absolute atomic E-state index is 14.5. The normalized spacial score (nSPS) is 19.6. The third-order valence-corrected chi connectivity index (χ3v) is 21.5. The highest BCUT2D eigenvalue weighted by molar-refractivity contribution is 7.89. The topological polar surface area (TPSA) is 262 Å². The van der Waals surface area contributed by atoms with Gasteiger partial charge >= 0.3 is 11.9 Å². The van der Waals surface area contributed by atoms with Crippen LogP contribution in [-0.4, -0.2) is 160 Å². The summed E-state index contributed by atoms with van der Waals surface area (Å²) in [7, 11) is -5.42. The van der Waals surface area contributed by atoms with Crippen LogP contribution in [-0.2, 0) is 82.6 Å². The molecular weight excluding hydrogens is 1220 g/mol. The Morgan fingerprint density at radius 2 is 0.967 bits per heavy atom. The molecule has 2 aliphatic carbocycles. The predicted molar refractivity (Wildman–Crippen MR) is 346 cm³/mol. The molecule has 3 amide bonds. The smallest absolute Gasteiger partial charge is 0.328 e. The van der Waals surface area contributed by atoms with E-state index in [1.54, 1.807) is 60.7 Å². The molecule has 20 nitrogen and oxygen atoms in total. The monoisotopic (exact) mass is 1310 g/mol. The summed E-state index contributed by atoms with van der Waals surface area (Å²) in [6, 6.07) is 37.3. The second-order valence-corrected chi connectivity index (χ2v) is 27.5. The van der Waals surface area contributed by atoms with Gasteiger partial charge in [0.2, 0.25) is 37.8 Å². The number of aromatic hydroxyl groups is 1. The summed E-state index contributed by atoms with van der Waals surface area (Å²) in [6.07, 6.45) is 10.3. The van der Waals surface area contributed by atoms with E-state index in [1.165, 1.54) is 56.9 Å². The summed E-state index contributed by atoms with van der Waals surface area (Å²) in [5.74, 6) is -2.37. The van der Waals surface area contributed by atoms with E-state index in [9.17, 15) is 45.9 Å². The van der Waals surface area contributed by atoms with Crippen LogP contribution in [0.3, 0.4) is 0 Å². The molecule has 4 aliphatic rings. The number of ether oxygens (including phenoxy) is 4. The molecule has 0 aromatic heterocycles. The fourth-order valence-electron chi connectivity index (χ4n) is 12.9. The van der Waals surface area contributed by atoms with Gasteiger partial charge in [0, 0.05) is 51.5 Å². The van der Waals surface area contributed by atoms with Crippen LogP contribution in [0.15, 0.2) is 155 Å². The molecule has 0 unspecified atom stereocenters. The minimum atomic E-state index is -4.03. The summed E-state index contributed by atoms with van der Waals surface area (Å²) in [4.78, 5) is 70.6. The Morgan fingerprint density at radius 1 is 0.560 bits per heavy atom. The van der Waals surface area contributed by atoms with Gasteiger partial charge in [0.05, 0.1) is 49.7 Å². The highest BCUT2D eigenvalue weighted by Crippen LogP contribution is 2.35. The molecule has 4 N–H and O–H groups in total. The number of nitrogens with two attached hydrogens (primary N) is 1. The number of hydrogen-bond acceptors (Lipinski definition) is 15. The van der Waals surface area contributed by atoms with Crippen molar-refractivity contribution in [3.63, 3.8) is 0 Å². The van der Waals surface area contributed by atoms with E-state index in [4.69, 9.17) is 24.7 Å². The van der Waals surface area contributed by atoms with Crippen molar-refractivity contribution in [3.8, 4) is 5.75 Å². The molecule has 0 radical (unpaired) electrons. The molecule has 2 heterocycles. The Morgan fingerprint density at radius 3 is 1.40 bits per heavy atom. The number of halogens is 1. The molecule has 5 aromatic carbocycles. The number of phenolic OH excluding ortho intramolecular Hbond substituents is 1. The van der Waals surface area contributed by atoms with Crippen LogP contribution in [0.5, 0.6) is 5.75 Å². The Kier molecular flexibility index (Phi) is 27.8. The molecule has 91 heavy (non-hydrogen) atoms. The second kappa shape index (κ2) is 35.3. The average Bonchev–Trinajstić information content (AvgIpc) is 1.75. The second-order valence-electron chi connectivity index (χ2n) is 23.7. The first-order valence-electron chi connectivity index (χ1n) is 31.5. The number of nitrogens with zero attached hydrogens (tertiary/aromatic N) is 4. The molecule has 4 fully saturated rings. The van der Waals surface area contributed by atoms with Gasteiger partial charge < -0.3 is 44.9 Å². The van der Waals surface area contributed by atoms with Crippen molar-refractivity contribution >= 4 is 62.1 Å². The number of phenols is 1. The van der Waals surface area contributed by atoms with E-state index >= 15 is 0 Å². The standard InChI is InChI=1S/C38H47N3O8S.C30H41N3O6S.ClH/c1-48-38(45)34-25-31(41(50(46,47)33-19-9-4-10-20-33)21-12-22-49-27-28-13-5-2-6-14-28)26-40(34)37(44)36(30-16-7-3-8-17-30)39-35(43)24-29-15-11-18-32(42)23-29;1-38-30(35)27-20-25(21-32(27)29(34)28(31)24-14-7-3-8-15-24)33(40(36,37)26-16-9-4-10-17-26)18-11-19-39-22-23-12-5-2-6-13-23;/h2,4-6,9-11,13-15,18-20,23,30-31,34,36,42H,3,7-8,12,16-17,21-22,24-27H2,1H3,(H,39,43);2,4-6,9-10,12-13,16-17,24-25,27-28H,3,7-8,11,14-15,18-22,31H2,1H3;1H/t31-,34+,36+;25-,27+,28+;/m11./s1. The fourth-order valence-corrected chi connectivity index (χ4v) is 16.2. The van der Waals surface area contributed by atoms with Crippen LogP contribution < -0.4 is 11.1 Å². The number of hydrogen-bond donors (Lipinski definition) is 3. The molecule has 494 valence electrons. The number of esters is 2. The van der Waals surface area contributed by atoms with Crippen molar-refractivity contribution in [3.05, 3.63) is 162 Å². The van der Waals surface area contributed by atoms with Crippen molar-refractivity contribution in [2.75, 3.05) is 53.6 Å². The van der Waals surface area contributed by atoms with Gasteiger partial charge in [0.25, 0.3) is 0 Å². The minimum absolute atomic E-state index is 0. The Hall–Kier alpha value is -6.76. The van der Waals surface area contributed by atoms with Gasteiger partial charge in [-0.25, -0.2) is 26.4 Å². The van der Waals surface area contributed by atoms with Crippen LogP contribution in [0.4, 0.5) is 0 Å². The highest BCUT2D eigenvalue weighted by Gasteiger charge is 2.50. The van der Waals surface area contributed by atoms with Crippen LogP contribution in [0.2, 0.25) is 0 Å². The third kappa shape index (κ3) is 19.6. The molecule has 2 saturated carbocycles. The van der Waals surface area contributed by atoms with Crippen molar-refractivity contribution in [2.24, 2.45) is 17.6 Å². The van der Waals surface area contributed by atoms with E-state index in [0.717, 1.165) is 75.3 Å². The van der Waals surface area contributed by atoms with Crippen molar-refractivity contribution in [2.45, 2.75) is 156 Å². The van der Waals surface area contributed by atoms with Gasteiger partial charge in [0.1, 0.15) is 23.9 Å². The largest absolute Gasteiger partial charge is 0.508 e. The number of nitrogens with one attached hydrogen (secondary N) is 1. The summed E-state index contributed by atoms with van der Waals surface area (Å²) in [5, 5.41) is 12.8. The zero-order chi connectivity index (χ0) is 64.0. The lowest BCUT2D eigenvalue weighted by atomic mass is 9.83. The number of methoxy groups -OCH3 is 2. The Balaban J connectivity index is 0.000000262. The maximum Gasteiger partial charge on any atom is 0.328 e. The van der Waals surface area contributed by atoms with E-state index in [2.05, 4.69) is 5.32 Å². The van der Waals surface area contributed by atoms with Gasteiger partial charge in [-0.15, -0.1) is 12.4 Å². The first-order valence-corrected chi connectivity index (χ1v) is 34.3. The van der Waals surface area contributed by atoms with Crippen molar-refractivity contribution in [1.82, 2.24) is 23.7 Å². The number of benzene rings is 5. The molecular formula is C68H89ClN6O14S2. The van der Waals surface area contributed by atoms with Crippen LogP contribution in [0.1, 0.15) is 107 Å².